The van der Waals surface area contributed by atoms with Crippen molar-refractivity contribution in [2.24, 2.45) is 17.3 Å². The molecule has 35 heavy (non-hydrogen) atoms. The fraction of sp³-hybridized carbons (Fsp3) is 0.742. The van der Waals surface area contributed by atoms with Crippen LogP contribution in [0.5, 0.6) is 0 Å². The molecule has 0 amide bonds. The molecule has 0 aromatic heterocycles. The largest absolute Gasteiger partial charge is 0.0912 e. The Hall–Kier alpha value is 0.817. The van der Waals surface area contributed by atoms with E-state index in [1.165, 1.54) is 74.0 Å². The monoisotopic (exact) mass is 736 g/mol. The van der Waals surface area contributed by atoms with Gasteiger partial charge >= 0.3 is 0 Å². The first kappa shape index (κ1) is 48.8. The number of rotatable bonds is 12. The van der Waals surface area contributed by atoms with Crippen LogP contribution in [0.3, 0.4) is 0 Å². The fourth-order valence-corrected chi connectivity index (χ4v) is 7.10. The Kier molecular flexibility index (Phi) is 33.3. The zero-order valence-corrected chi connectivity index (χ0v) is 26.0. The van der Waals surface area contributed by atoms with Gasteiger partial charge in [0.1, 0.15) is 0 Å². The predicted octanol–water partition coefficient (Wildman–Crippen LogP) is 11.7. The third kappa shape index (κ3) is 10.8. The van der Waals surface area contributed by atoms with Gasteiger partial charge in [-0.25, -0.2) is 0 Å². The Labute approximate surface area is 265 Å². The second kappa shape index (κ2) is 23.9. The maximum absolute atomic E-state index is 3.49. The Morgan fingerprint density at radius 2 is 1.00 bits per heavy atom. The van der Waals surface area contributed by atoms with Crippen LogP contribution in [-0.4, -0.2) is 47.8 Å². The van der Waals surface area contributed by atoms with Gasteiger partial charge in [-0.3, -0.25) is 0 Å². The summed E-state index contributed by atoms with van der Waals surface area (Å²) in [5.41, 5.74) is 3.43. The Morgan fingerprint density at radius 3 is 1.29 bits per heavy atom. The molecule has 0 saturated heterocycles. The molecule has 2 heterocycles. The van der Waals surface area contributed by atoms with Crippen LogP contribution in [0.25, 0.3) is 0 Å². The van der Waals surface area contributed by atoms with Crippen LogP contribution < -0.4 is 0 Å². The van der Waals surface area contributed by atoms with Crippen molar-refractivity contribution in [3.8, 4) is 10.4 Å². The molecule has 2 atom stereocenters. The summed E-state index contributed by atoms with van der Waals surface area (Å²) < 4.78 is 0. The molecular weight excluding hydrogens is 674 g/mol. The smallest absolute Gasteiger partial charge is 0.0583 e. The molecule has 0 aromatic rings. The topological polar surface area (TPSA) is 0 Å². The van der Waals surface area contributed by atoms with Crippen molar-refractivity contribution in [2.75, 3.05) is 0 Å². The molecule has 1 aliphatic carbocycles. The molecule has 2 unspecified atom stereocenters. The van der Waals surface area contributed by atoms with Gasteiger partial charge in [-0.15, -0.1) is 0 Å². The SMILES string of the molecule is C.C.C.C.C.C.CCCCC(CC)CC1(CC(CC)CCCC)C2=CC#SC2=C2S#CC=C21.[Sn].[Sn]. The van der Waals surface area contributed by atoms with Crippen molar-refractivity contribution in [2.45, 2.75) is 136 Å². The molecule has 204 valence electrons. The van der Waals surface area contributed by atoms with Gasteiger partial charge in [-0.1, -0.05) is 156 Å². The van der Waals surface area contributed by atoms with Gasteiger partial charge in [-0.05, 0) is 48.0 Å². The number of hydrogen-bond donors (Lipinski definition) is 0. The molecule has 8 radical (unpaired) electrons. The first-order valence-corrected chi connectivity index (χ1v) is 12.8. The Bertz CT molecular complexity index is 718. The third-order valence-electron chi connectivity index (χ3n) is 6.82. The summed E-state index contributed by atoms with van der Waals surface area (Å²) in [7, 11) is 0. The zero-order valence-electron chi connectivity index (χ0n) is 18.7. The number of unbranched alkanes of at least 4 members (excludes halogenated alkanes) is 2. The molecule has 0 N–H and O–H groups in total. The van der Waals surface area contributed by atoms with Crippen molar-refractivity contribution >= 4 is 70.2 Å². The standard InChI is InChI=1S/C25H36S2.6CH4.2Sn/c1-5-9-11-19(7-3)17-25(18-20(8-4)12-10-6-2)21-13-15-26-23(21)24-22(25)14-16-27-24;;;;;;;;/h13-14,19-20H,5-12,17-18H2,1-4H3;6*1H4;;. The van der Waals surface area contributed by atoms with Crippen LogP contribution in [0.4, 0.5) is 0 Å². The minimum absolute atomic E-state index is 0. The molecular formula is C31H60S2Sn2. The molecule has 0 nitrogen and oxygen atoms in total. The summed E-state index contributed by atoms with van der Waals surface area (Å²) >= 11 is 3.66. The average molecular weight is 734 g/mol. The minimum atomic E-state index is 0. The average Bonchev–Trinajstić information content (AvgIpc) is 3.39. The van der Waals surface area contributed by atoms with Gasteiger partial charge < -0.3 is 0 Å². The van der Waals surface area contributed by atoms with Gasteiger partial charge in [0.25, 0.3) is 0 Å². The molecule has 3 rings (SSSR count). The van der Waals surface area contributed by atoms with Crippen molar-refractivity contribution in [1.82, 2.24) is 0 Å². The summed E-state index contributed by atoms with van der Waals surface area (Å²) in [6, 6.07) is 0. The van der Waals surface area contributed by atoms with E-state index >= 15 is 0 Å². The van der Waals surface area contributed by atoms with E-state index in [9.17, 15) is 0 Å². The van der Waals surface area contributed by atoms with E-state index in [-0.39, 0.29) is 97.8 Å². The van der Waals surface area contributed by atoms with Gasteiger partial charge in [0, 0.05) is 53.2 Å². The summed E-state index contributed by atoms with van der Waals surface area (Å²) in [6.45, 7) is 9.46. The number of hydrogen-bond acceptors (Lipinski definition) is 0. The zero-order chi connectivity index (χ0) is 19.3. The van der Waals surface area contributed by atoms with Crippen LogP contribution in [0, 0.1) is 27.6 Å². The summed E-state index contributed by atoms with van der Waals surface area (Å²) in [5, 5.41) is 6.98. The fourth-order valence-electron chi connectivity index (χ4n) is 5.12. The number of allylic oxidation sites excluding steroid dienone is 4. The molecule has 2 aliphatic heterocycles. The van der Waals surface area contributed by atoms with E-state index in [4.69, 9.17) is 0 Å². The van der Waals surface area contributed by atoms with E-state index in [0.29, 0.717) is 0 Å². The van der Waals surface area contributed by atoms with Crippen LogP contribution in [0.1, 0.15) is 136 Å². The maximum atomic E-state index is 3.49. The molecule has 0 fully saturated rings. The van der Waals surface area contributed by atoms with Crippen molar-refractivity contribution < 1.29 is 0 Å². The van der Waals surface area contributed by atoms with Crippen LogP contribution in [-0.2, 0) is 0 Å². The van der Waals surface area contributed by atoms with Crippen LogP contribution in [0.15, 0.2) is 33.1 Å². The molecule has 3 aliphatic rings. The van der Waals surface area contributed by atoms with Crippen molar-refractivity contribution in [3.05, 3.63) is 33.1 Å². The Morgan fingerprint density at radius 1 is 0.657 bits per heavy atom. The van der Waals surface area contributed by atoms with Gasteiger partial charge in [-0.2, -0.15) is 0 Å². The van der Waals surface area contributed by atoms with E-state index in [1.54, 1.807) is 11.1 Å². The van der Waals surface area contributed by atoms with E-state index in [1.807, 2.05) is 22.3 Å². The predicted molar refractivity (Wildman–Crippen MR) is 176 cm³/mol. The minimum Gasteiger partial charge on any atom is -0.0912 e. The van der Waals surface area contributed by atoms with Crippen LogP contribution in [0.2, 0.25) is 0 Å². The molecule has 0 spiro atoms. The van der Waals surface area contributed by atoms with Crippen molar-refractivity contribution in [3.63, 3.8) is 0 Å². The normalized spacial score (nSPS) is 16.0. The van der Waals surface area contributed by atoms with E-state index in [2.05, 4.69) is 50.2 Å². The first-order chi connectivity index (χ1) is 13.2. The quantitative estimate of drug-likeness (QED) is 0.175. The van der Waals surface area contributed by atoms with Gasteiger partial charge in [0.2, 0.25) is 0 Å². The van der Waals surface area contributed by atoms with E-state index < -0.39 is 0 Å². The third-order valence-corrected chi connectivity index (χ3v) is 8.67. The van der Waals surface area contributed by atoms with Crippen LogP contribution >= 0.6 is 22.3 Å². The van der Waals surface area contributed by atoms with E-state index in [0.717, 1.165) is 11.8 Å². The first-order valence-electron chi connectivity index (χ1n) is 11.2. The molecule has 0 saturated carbocycles. The summed E-state index contributed by atoms with van der Waals surface area (Å²) in [6.07, 6.45) is 18.1. The molecule has 0 bridgehead atoms. The van der Waals surface area contributed by atoms with Gasteiger partial charge in [0.15, 0.2) is 0 Å². The summed E-state index contributed by atoms with van der Waals surface area (Å²) in [4.78, 5) is 3.01. The second-order valence-corrected chi connectivity index (χ2v) is 10.2. The van der Waals surface area contributed by atoms with Gasteiger partial charge in [0.05, 0.1) is 9.81 Å². The van der Waals surface area contributed by atoms with Crippen molar-refractivity contribution in [1.29, 1.82) is 0 Å². The Balaban J connectivity index is -0.000000263. The maximum Gasteiger partial charge on any atom is 0.0583 e. The molecule has 0 aromatic carbocycles. The second-order valence-electron chi connectivity index (χ2n) is 8.54. The number of fused-ring (bicyclic) bond motifs is 2. The molecule has 4 heteroatoms. The summed E-state index contributed by atoms with van der Waals surface area (Å²) in [5.74, 6) is 1.65.